The molecule has 162 valence electrons. The van der Waals surface area contributed by atoms with Crippen LogP contribution in [0.4, 0.5) is 0 Å². The van der Waals surface area contributed by atoms with Crippen molar-refractivity contribution >= 4 is 57.3 Å². The van der Waals surface area contributed by atoms with Crippen LogP contribution in [0.5, 0.6) is 0 Å². The van der Waals surface area contributed by atoms with Crippen LogP contribution in [0.3, 0.4) is 0 Å². The summed E-state index contributed by atoms with van der Waals surface area (Å²) >= 11 is 8.18. The fraction of sp³-hybridized carbons (Fsp3) is 0.538. The van der Waals surface area contributed by atoms with Crippen LogP contribution in [-0.4, -0.2) is 11.5 Å². The standard InChI is InChI=1S/C26H34S4/c1-5-7-11-21-19(6-2)15-29-23(21)17(3)25-26(28-14-13-27-25)18(4)24-22-12-9-8-10-20(22)16-30-24/h15-16H,5-14H2,1-4H3/b25-17-,26-18-. The van der Waals surface area contributed by atoms with Crippen molar-refractivity contribution in [3.63, 3.8) is 0 Å². The lowest BCUT2D eigenvalue weighted by atomic mass is 9.92. The van der Waals surface area contributed by atoms with E-state index < -0.39 is 0 Å². The van der Waals surface area contributed by atoms with Crippen molar-refractivity contribution < 1.29 is 0 Å². The minimum Gasteiger partial charge on any atom is -0.144 e. The molecule has 1 aliphatic carbocycles. The number of hydrogen-bond acceptors (Lipinski definition) is 4. The molecule has 2 aromatic heterocycles. The first kappa shape index (κ1) is 22.8. The average Bonchev–Trinajstić information content (AvgIpc) is 3.40. The Morgan fingerprint density at radius 3 is 2.23 bits per heavy atom. The molecule has 0 N–H and O–H groups in total. The topological polar surface area (TPSA) is 0 Å². The lowest BCUT2D eigenvalue weighted by Crippen LogP contribution is -2.04. The van der Waals surface area contributed by atoms with Gasteiger partial charge in [-0.25, -0.2) is 0 Å². The number of aryl methyl sites for hydroxylation is 2. The van der Waals surface area contributed by atoms with Crippen molar-refractivity contribution in [2.45, 2.75) is 79.1 Å². The fourth-order valence-corrected chi connectivity index (χ4v) is 9.83. The summed E-state index contributed by atoms with van der Waals surface area (Å²) < 4.78 is 0. The summed E-state index contributed by atoms with van der Waals surface area (Å²) in [5.41, 5.74) is 9.57. The van der Waals surface area contributed by atoms with Gasteiger partial charge in [0.15, 0.2) is 0 Å². The molecule has 0 unspecified atom stereocenters. The van der Waals surface area contributed by atoms with Crippen molar-refractivity contribution in [1.82, 2.24) is 0 Å². The van der Waals surface area contributed by atoms with E-state index in [1.807, 2.05) is 22.7 Å². The molecule has 0 spiro atoms. The first-order chi connectivity index (χ1) is 14.7. The second-order valence-corrected chi connectivity index (χ2v) is 12.4. The maximum absolute atomic E-state index is 2.44. The Labute approximate surface area is 199 Å². The van der Waals surface area contributed by atoms with Crippen LogP contribution in [0.1, 0.15) is 85.4 Å². The quantitative estimate of drug-likeness (QED) is 0.409. The maximum Gasteiger partial charge on any atom is 0.0345 e. The molecule has 0 bridgehead atoms. The van der Waals surface area contributed by atoms with Crippen molar-refractivity contribution in [3.8, 4) is 0 Å². The van der Waals surface area contributed by atoms with Gasteiger partial charge in [0.2, 0.25) is 0 Å². The van der Waals surface area contributed by atoms with E-state index in [1.54, 1.807) is 41.8 Å². The summed E-state index contributed by atoms with van der Waals surface area (Å²) in [5, 5.41) is 4.87. The summed E-state index contributed by atoms with van der Waals surface area (Å²) in [6.07, 6.45) is 10.2. The van der Waals surface area contributed by atoms with Crippen LogP contribution in [0.15, 0.2) is 20.6 Å². The first-order valence-electron chi connectivity index (χ1n) is 11.5. The van der Waals surface area contributed by atoms with E-state index in [2.05, 4.69) is 62.0 Å². The van der Waals surface area contributed by atoms with E-state index in [9.17, 15) is 0 Å². The highest BCUT2D eigenvalue weighted by molar-refractivity contribution is 8.11. The molecule has 2 aromatic rings. The minimum absolute atomic E-state index is 1.16. The van der Waals surface area contributed by atoms with Gasteiger partial charge in [-0.1, -0.05) is 20.3 Å². The molecule has 4 heteroatoms. The van der Waals surface area contributed by atoms with Gasteiger partial charge in [0, 0.05) is 31.1 Å². The predicted molar refractivity (Wildman–Crippen MR) is 143 cm³/mol. The van der Waals surface area contributed by atoms with E-state index in [-0.39, 0.29) is 0 Å². The van der Waals surface area contributed by atoms with Gasteiger partial charge in [0.05, 0.1) is 0 Å². The Morgan fingerprint density at radius 1 is 0.867 bits per heavy atom. The number of fused-ring (bicyclic) bond motifs is 1. The fourth-order valence-electron chi connectivity index (χ4n) is 4.67. The van der Waals surface area contributed by atoms with E-state index in [0.29, 0.717) is 0 Å². The van der Waals surface area contributed by atoms with Gasteiger partial charge >= 0.3 is 0 Å². The highest BCUT2D eigenvalue weighted by Crippen LogP contribution is 2.49. The molecule has 30 heavy (non-hydrogen) atoms. The van der Waals surface area contributed by atoms with Crippen LogP contribution in [-0.2, 0) is 25.7 Å². The van der Waals surface area contributed by atoms with E-state index in [0.717, 1.165) is 6.42 Å². The summed E-state index contributed by atoms with van der Waals surface area (Å²) in [4.78, 5) is 6.26. The monoisotopic (exact) mass is 474 g/mol. The van der Waals surface area contributed by atoms with Gasteiger partial charge in [-0.15, -0.1) is 46.2 Å². The van der Waals surface area contributed by atoms with Crippen LogP contribution < -0.4 is 0 Å². The average molecular weight is 475 g/mol. The molecule has 0 saturated carbocycles. The molecule has 4 rings (SSSR count). The molecular formula is C26H34S4. The van der Waals surface area contributed by atoms with Crippen LogP contribution in [0, 0.1) is 0 Å². The molecule has 0 amide bonds. The van der Waals surface area contributed by atoms with Crippen molar-refractivity contribution in [1.29, 1.82) is 0 Å². The summed E-state index contributed by atoms with van der Waals surface area (Å²) in [7, 11) is 0. The van der Waals surface area contributed by atoms with Crippen molar-refractivity contribution in [3.05, 3.63) is 52.6 Å². The number of allylic oxidation sites excluding steroid dienone is 2. The Hall–Kier alpha value is -0.420. The molecule has 0 aromatic carbocycles. The SMILES string of the molecule is CCCCc1c(CC)csc1/C(C)=C1\SCCS\C1=C(\C)c1scc2c1CCCC2. The summed E-state index contributed by atoms with van der Waals surface area (Å²) in [6, 6.07) is 0. The molecule has 2 aliphatic rings. The third-order valence-electron chi connectivity index (χ3n) is 6.39. The number of rotatable bonds is 6. The number of thiophene rings is 2. The largest absolute Gasteiger partial charge is 0.144 e. The molecule has 0 radical (unpaired) electrons. The van der Waals surface area contributed by atoms with E-state index >= 15 is 0 Å². The Balaban J connectivity index is 1.79. The Morgan fingerprint density at radius 2 is 1.53 bits per heavy atom. The van der Waals surface area contributed by atoms with E-state index in [1.165, 1.54) is 67.6 Å². The van der Waals surface area contributed by atoms with Crippen LogP contribution in [0.25, 0.3) is 11.1 Å². The number of unbranched alkanes of at least 4 members (excludes halogenated alkanes) is 1. The molecule has 3 heterocycles. The number of hydrogen-bond donors (Lipinski definition) is 0. The predicted octanol–water partition coefficient (Wildman–Crippen LogP) is 9.24. The summed E-state index contributed by atoms with van der Waals surface area (Å²) in [5.74, 6) is 2.46. The van der Waals surface area contributed by atoms with Gasteiger partial charge in [0.1, 0.15) is 0 Å². The van der Waals surface area contributed by atoms with Crippen molar-refractivity contribution in [2.24, 2.45) is 0 Å². The molecular weight excluding hydrogens is 441 g/mol. The van der Waals surface area contributed by atoms with Gasteiger partial charge in [-0.3, -0.25) is 0 Å². The van der Waals surface area contributed by atoms with Gasteiger partial charge < -0.3 is 0 Å². The maximum atomic E-state index is 2.44. The van der Waals surface area contributed by atoms with Crippen LogP contribution >= 0.6 is 46.2 Å². The summed E-state index contributed by atoms with van der Waals surface area (Å²) in [6.45, 7) is 9.41. The zero-order valence-electron chi connectivity index (χ0n) is 18.9. The minimum atomic E-state index is 1.16. The zero-order valence-corrected chi connectivity index (χ0v) is 22.1. The normalized spacial score (nSPS) is 20.3. The Kier molecular flexibility index (Phi) is 7.94. The Bertz CT molecular complexity index is 954. The van der Waals surface area contributed by atoms with Gasteiger partial charge in [-0.2, -0.15) is 0 Å². The van der Waals surface area contributed by atoms with Gasteiger partial charge in [0.25, 0.3) is 0 Å². The van der Waals surface area contributed by atoms with Crippen LogP contribution in [0.2, 0.25) is 0 Å². The third kappa shape index (κ3) is 4.53. The second-order valence-electron chi connectivity index (χ2n) is 8.41. The molecule has 1 aliphatic heterocycles. The molecule has 1 fully saturated rings. The molecule has 0 nitrogen and oxygen atoms in total. The first-order valence-corrected chi connectivity index (χ1v) is 15.3. The van der Waals surface area contributed by atoms with Crippen molar-refractivity contribution in [2.75, 3.05) is 11.5 Å². The highest BCUT2D eigenvalue weighted by Gasteiger charge is 2.25. The smallest absolute Gasteiger partial charge is 0.0345 e. The highest BCUT2D eigenvalue weighted by atomic mass is 32.2. The lowest BCUT2D eigenvalue weighted by Gasteiger charge is -2.23. The van der Waals surface area contributed by atoms with Gasteiger partial charge in [-0.05, 0) is 103 Å². The molecule has 1 saturated heterocycles. The zero-order chi connectivity index (χ0) is 21.1. The van der Waals surface area contributed by atoms with E-state index in [4.69, 9.17) is 0 Å². The number of thioether (sulfide) groups is 2. The second kappa shape index (κ2) is 10.5. The molecule has 0 atom stereocenters. The lowest BCUT2D eigenvalue weighted by molar-refractivity contribution is 0.689. The third-order valence-corrected chi connectivity index (χ3v) is 11.6.